The van der Waals surface area contributed by atoms with Gasteiger partial charge in [0.2, 0.25) is 0 Å². The lowest BCUT2D eigenvalue weighted by atomic mass is 10.1. The van der Waals surface area contributed by atoms with Gasteiger partial charge < -0.3 is 0 Å². The molecule has 1 aromatic heterocycles. The van der Waals surface area contributed by atoms with Crippen LogP contribution in [0, 0.1) is 0 Å². The van der Waals surface area contributed by atoms with Crippen molar-refractivity contribution in [3.05, 3.63) is 99.8 Å². The van der Waals surface area contributed by atoms with Gasteiger partial charge in [-0.2, -0.15) is 0 Å². The average Bonchev–Trinajstić information content (AvgIpc) is 2.78. The van der Waals surface area contributed by atoms with E-state index in [2.05, 4.69) is 10.3 Å². The second-order valence-electron chi connectivity index (χ2n) is 6.77. The number of carbonyl (C=O) groups excluding carboxylic acids is 1. The van der Waals surface area contributed by atoms with Crippen molar-refractivity contribution in [3.63, 3.8) is 0 Å². The van der Waals surface area contributed by atoms with E-state index in [1.807, 2.05) is 60.7 Å². The van der Waals surface area contributed by atoms with Gasteiger partial charge in [-0.3, -0.25) is 20.1 Å². The molecule has 2 aliphatic heterocycles. The fourth-order valence-corrected chi connectivity index (χ4v) is 4.31. The lowest BCUT2D eigenvalue weighted by Gasteiger charge is -2.34. The van der Waals surface area contributed by atoms with E-state index in [-0.39, 0.29) is 5.91 Å². The number of rotatable bonds is 3. The van der Waals surface area contributed by atoms with Crippen molar-refractivity contribution in [1.29, 1.82) is 0 Å². The molecule has 0 saturated heterocycles. The lowest BCUT2D eigenvalue weighted by Crippen LogP contribution is -2.50. The van der Waals surface area contributed by atoms with E-state index in [1.54, 1.807) is 17.4 Å². The highest BCUT2D eigenvalue weighted by Gasteiger charge is 2.34. The summed E-state index contributed by atoms with van der Waals surface area (Å²) in [5.74, 6) is 0.470. The summed E-state index contributed by atoms with van der Waals surface area (Å²) in [5, 5.41) is 12.2. The Morgan fingerprint density at radius 1 is 1.03 bits per heavy atom. The first-order chi connectivity index (χ1) is 14.7. The first-order valence-corrected chi connectivity index (χ1v) is 10.7. The van der Waals surface area contributed by atoms with E-state index < -0.39 is 6.17 Å². The van der Waals surface area contributed by atoms with Crippen molar-refractivity contribution in [2.24, 2.45) is 10.1 Å². The Hall–Kier alpha value is -3.16. The summed E-state index contributed by atoms with van der Waals surface area (Å²) in [6.45, 7) is 0. The Balaban J connectivity index is 1.54. The number of halogens is 1. The van der Waals surface area contributed by atoms with Gasteiger partial charge in [0.15, 0.2) is 11.3 Å². The van der Waals surface area contributed by atoms with Crippen molar-refractivity contribution in [3.8, 4) is 0 Å². The Labute approximate surface area is 182 Å². The molecule has 1 atom stereocenters. The minimum Gasteiger partial charge on any atom is -0.298 e. The number of hydrazone groups is 1. The molecule has 1 N–H and O–H groups in total. The van der Waals surface area contributed by atoms with E-state index in [0.29, 0.717) is 21.6 Å². The number of benzene rings is 2. The summed E-state index contributed by atoms with van der Waals surface area (Å²) in [6, 6.07) is 19.0. The van der Waals surface area contributed by atoms with Crippen LogP contribution in [0.4, 0.5) is 0 Å². The third kappa shape index (κ3) is 3.58. The van der Waals surface area contributed by atoms with Crippen LogP contribution in [0.15, 0.2) is 83.2 Å². The number of fused-ring (bicyclic) bond motifs is 2. The van der Waals surface area contributed by atoms with Gasteiger partial charge in [-0.1, -0.05) is 53.7 Å². The van der Waals surface area contributed by atoms with Gasteiger partial charge in [0.1, 0.15) is 5.70 Å². The maximum atomic E-state index is 13.1. The number of amidine groups is 1. The maximum absolute atomic E-state index is 13.1. The largest absolute Gasteiger partial charge is 0.298 e. The van der Waals surface area contributed by atoms with Crippen molar-refractivity contribution in [2.75, 3.05) is 0 Å². The van der Waals surface area contributed by atoms with E-state index in [9.17, 15) is 4.79 Å². The molecule has 3 aromatic rings. The highest BCUT2D eigenvalue weighted by molar-refractivity contribution is 8.13. The minimum absolute atomic E-state index is 0.190. The molecule has 0 fully saturated rings. The molecular formula is C22H16ClN5OS. The van der Waals surface area contributed by atoms with Crippen LogP contribution in [-0.4, -0.2) is 21.1 Å². The molecule has 2 aliphatic rings. The summed E-state index contributed by atoms with van der Waals surface area (Å²) in [4.78, 5) is 22.0. The van der Waals surface area contributed by atoms with Gasteiger partial charge in [-0.05, 0) is 35.9 Å². The Bertz CT molecular complexity index is 1260. The molecule has 2 aromatic carbocycles. The summed E-state index contributed by atoms with van der Waals surface area (Å²) in [7, 11) is 0. The molecule has 6 nitrogen and oxygen atoms in total. The quantitative estimate of drug-likeness (QED) is 0.689. The number of nitrogens with one attached hydrogen (secondary N) is 1. The van der Waals surface area contributed by atoms with E-state index >= 15 is 0 Å². The number of nitrogens with zero attached hydrogens (tertiary/aromatic N) is 4. The van der Waals surface area contributed by atoms with Crippen LogP contribution in [0.2, 0.25) is 5.02 Å². The molecular weight excluding hydrogens is 418 g/mol. The van der Waals surface area contributed by atoms with Gasteiger partial charge in [0.05, 0.1) is 5.36 Å². The number of hydrogen-bond donors (Lipinski definition) is 1. The number of hydrogen-bond acceptors (Lipinski definition) is 6. The smallest absolute Gasteiger partial charge is 0.276 e. The molecule has 8 heteroatoms. The van der Waals surface area contributed by atoms with Crippen LogP contribution >= 0.6 is 23.4 Å². The molecule has 0 radical (unpaired) electrons. The van der Waals surface area contributed by atoms with Crippen LogP contribution in [0.25, 0.3) is 5.70 Å². The number of para-hydroxylation sites is 1. The Morgan fingerprint density at radius 3 is 2.60 bits per heavy atom. The van der Waals surface area contributed by atoms with Crippen LogP contribution in [0.1, 0.15) is 17.3 Å². The maximum Gasteiger partial charge on any atom is 0.276 e. The molecule has 0 saturated carbocycles. The summed E-state index contributed by atoms with van der Waals surface area (Å²) < 4.78 is 0. The van der Waals surface area contributed by atoms with Gasteiger partial charge in [0.25, 0.3) is 5.91 Å². The predicted molar refractivity (Wildman–Crippen MR) is 118 cm³/mol. The minimum atomic E-state index is -0.435. The molecule has 148 valence electrons. The van der Waals surface area contributed by atoms with Gasteiger partial charge >= 0.3 is 0 Å². The van der Waals surface area contributed by atoms with Crippen molar-refractivity contribution < 1.29 is 4.79 Å². The second-order valence-corrected chi connectivity index (χ2v) is 8.17. The number of carbonyl (C=O) groups is 1. The van der Waals surface area contributed by atoms with Crippen molar-refractivity contribution >= 4 is 40.1 Å². The summed E-state index contributed by atoms with van der Waals surface area (Å²) in [5.41, 5.74) is 2.51. The predicted octanol–water partition coefficient (Wildman–Crippen LogP) is 2.81. The number of amides is 1. The van der Waals surface area contributed by atoms with Gasteiger partial charge in [-0.25, -0.2) is 5.01 Å². The van der Waals surface area contributed by atoms with E-state index in [1.165, 1.54) is 11.8 Å². The Morgan fingerprint density at radius 2 is 1.80 bits per heavy atom. The molecule has 0 bridgehead atoms. The number of aromatic nitrogens is 1. The molecule has 3 heterocycles. The van der Waals surface area contributed by atoms with Crippen molar-refractivity contribution in [1.82, 2.24) is 15.3 Å². The average molecular weight is 434 g/mol. The molecule has 5 rings (SSSR count). The number of thioether (sulfide) groups is 1. The zero-order valence-corrected chi connectivity index (χ0v) is 17.3. The molecule has 30 heavy (non-hydrogen) atoms. The SMILES string of the molecule is O=C1NC(SCc2ccc(Cl)cc2)=NN2C1=c1ccccc1=N[C@H]2c1ccncc1. The molecule has 0 spiro atoms. The molecule has 0 aliphatic carbocycles. The lowest BCUT2D eigenvalue weighted by molar-refractivity contribution is -0.116. The summed E-state index contributed by atoms with van der Waals surface area (Å²) in [6.07, 6.45) is 3.00. The molecule has 1 amide bonds. The van der Waals surface area contributed by atoms with Crippen LogP contribution in [-0.2, 0) is 10.5 Å². The normalized spacial score (nSPS) is 17.4. The highest BCUT2D eigenvalue weighted by Crippen LogP contribution is 2.30. The first-order valence-electron chi connectivity index (χ1n) is 9.32. The van der Waals surface area contributed by atoms with Crippen molar-refractivity contribution in [2.45, 2.75) is 11.9 Å². The topological polar surface area (TPSA) is 70.0 Å². The zero-order valence-electron chi connectivity index (χ0n) is 15.7. The highest BCUT2D eigenvalue weighted by atomic mass is 35.5. The van der Waals surface area contributed by atoms with E-state index in [0.717, 1.165) is 21.7 Å². The summed E-state index contributed by atoms with van der Waals surface area (Å²) >= 11 is 7.42. The van der Waals surface area contributed by atoms with Gasteiger partial charge in [-0.15, -0.1) is 5.10 Å². The Kier molecular flexibility index (Phi) is 4.98. The third-order valence-electron chi connectivity index (χ3n) is 4.81. The first kappa shape index (κ1) is 18.8. The fraction of sp³-hybridized carbons (Fsp3) is 0.0909. The standard InChI is InChI=1S/C22H16ClN5OS/c23-16-7-5-14(6-8-16)13-30-22-26-21(29)19-17-3-1-2-4-18(17)25-20(28(19)27-22)15-9-11-24-12-10-15/h1-12,20H,13H2,(H,26,27,29)/t20-/m1/s1. The van der Waals surface area contributed by atoms with Crippen LogP contribution in [0.5, 0.6) is 0 Å². The zero-order chi connectivity index (χ0) is 20.5. The third-order valence-corrected chi connectivity index (χ3v) is 6.00. The molecule has 0 unspecified atom stereocenters. The van der Waals surface area contributed by atoms with Gasteiger partial charge in [0, 0.05) is 34.0 Å². The van der Waals surface area contributed by atoms with Crippen LogP contribution < -0.4 is 15.9 Å². The fourth-order valence-electron chi connectivity index (χ4n) is 3.38. The van der Waals surface area contributed by atoms with Crippen LogP contribution in [0.3, 0.4) is 0 Å². The van der Waals surface area contributed by atoms with E-state index in [4.69, 9.17) is 21.7 Å². The monoisotopic (exact) mass is 433 g/mol. The number of pyridine rings is 1. The second kappa shape index (κ2) is 7.93.